The Bertz CT molecular complexity index is 388. The van der Waals surface area contributed by atoms with E-state index in [9.17, 15) is 9.90 Å². The normalized spacial score (nSPS) is 14.3. The van der Waals surface area contributed by atoms with Gasteiger partial charge in [-0.1, -0.05) is 44.2 Å². The maximum Gasteiger partial charge on any atom is 0.329 e. The largest absolute Gasteiger partial charge is 0.480 e. The highest BCUT2D eigenvalue weighted by Gasteiger charge is 2.37. The molecule has 1 rings (SSSR count). The summed E-state index contributed by atoms with van der Waals surface area (Å²) >= 11 is 0. The van der Waals surface area contributed by atoms with Crippen LogP contribution in [0.5, 0.6) is 0 Å². The van der Waals surface area contributed by atoms with Crippen LogP contribution in [0.1, 0.15) is 32.3 Å². The zero-order chi connectivity index (χ0) is 14.3. The Morgan fingerprint density at radius 2 is 1.74 bits per heavy atom. The fourth-order valence-corrected chi connectivity index (χ4v) is 2.27. The summed E-state index contributed by atoms with van der Waals surface area (Å²) in [6.07, 6.45) is 1.98. The summed E-state index contributed by atoms with van der Waals surface area (Å²) in [5, 5.41) is 9.52. The lowest BCUT2D eigenvalue weighted by atomic mass is 9.90. The minimum atomic E-state index is -1.34. The van der Waals surface area contributed by atoms with E-state index in [-0.39, 0.29) is 0 Å². The maximum atomic E-state index is 11.6. The number of hydrogen-bond acceptors (Lipinski definition) is 3. The van der Waals surface area contributed by atoms with Gasteiger partial charge in [-0.25, -0.2) is 4.79 Å². The van der Waals surface area contributed by atoms with Crippen LogP contribution in [0.15, 0.2) is 30.3 Å². The van der Waals surface area contributed by atoms with Crippen molar-refractivity contribution in [1.82, 2.24) is 4.90 Å². The zero-order valence-corrected chi connectivity index (χ0v) is 11.8. The zero-order valence-electron chi connectivity index (χ0n) is 11.8. The summed E-state index contributed by atoms with van der Waals surface area (Å²) in [7, 11) is 0. The molecular formula is C15H24N2O2. The highest BCUT2D eigenvalue weighted by Crippen LogP contribution is 2.20. The quantitative estimate of drug-likeness (QED) is 0.754. The van der Waals surface area contributed by atoms with E-state index in [1.807, 2.05) is 18.2 Å². The highest BCUT2D eigenvalue weighted by atomic mass is 16.4. The Morgan fingerprint density at radius 3 is 2.16 bits per heavy atom. The van der Waals surface area contributed by atoms with Gasteiger partial charge in [0.15, 0.2) is 5.54 Å². The molecule has 4 heteroatoms. The van der Waals surface area contributed by atoms with Gasteiger partial charge in [-0.05, 0) is 31.5 Å². The molecule has 0 spiro atoms. The molecule has 0 heterocycles. The Morgan fingerprint density at radius 1 is 1.21 bits per heavy atom. The first-order valence-corrected chi connectivity index (χ1v) is 6.84. The van der Waals surface area contributed by atoms with Crippen molar-refractivity contribution < 1.29 is 9.90 Å². The Labute approximate surface area is 115 Å². The van der Waals surface area contributed by atoms with Crippen molar-refractivity contribution in [3.63, 3.8) is 0 Å². The summed E-state index contributed by atoms with van der Waals surface area (Å²) in [5.41, 5.74) is 5.49. The molecule has 4 nitrogen and oxygen atoms in total. The van der Waals surface area contributed by atoms with E-state index in [4.69, 9.17) is 5.73 Å². The van der Waals surface area contributed by atoms with Crippen LogP contribution in [0.25, 0.3) is 0 Å². The lowest BCUT2D eigenvalue weighted by Crippen LogP contribution is -2.53. The van der Waals surface area contributed by atoms with E-state index in [0.717, 1.165) is 25.9 Å². The first-order valence-electron chi connectivity index (χ1n) is 6.84. The van der Waals surface area contributed by atoms with Gasteiger partial charge >= 0.3 is 5.97 Å². The van der Waals surface area contributed by atoms with Gasteiger partial charge < -0.3 is 15.7 Å². The standard InChI is InChI=1S/C15H24N2O2/c1-3-10-17(11-4-2)12-15(16,14(18)19)13-8-6-5-7-9-13/h5-9H,3-4,10-12,16H2,1-2H3,(H,18,19). The van der Waals surface area contributed by atoms with E-state index in [1.54, 1.807) is 12.1 Å². The van der Waals surface area contributed by atoms with Crippen LogP contribution < -0.4 is 5.73 Å². The third kappa shape index (κ3) is 4.04. The molecule has 1 aromatic rings. The predicted molar refractivity (Wildman–Crippen MR) is 77.0 cm³/mol. The molecule has 0 fully saturated rings. The van der Waals surface area contributed by atoms with Gasteiger partial charge in [-0.3, -0.25) is 0 Å². The summed E-state index contributed by atoms with van der Waals surface area (Å²) in [6.45, 7) is 6.25. The summed E-state index contributed by atoms with van der Waals surface area (Å²) in [4.78, 5) is 13.7. The van der Waals surface area contributed by atoms with Crippen LogP contribution in [0, 0.1) is 0 Å². The smallest absolute Gasteiger partial charge is 0.329 e. The van der Waals surface area contributed by atoms with E-state index < -0.39 is 11.5 Å². The van der Waals surface area contributed by atoms with Gasteiger partial charge in [0.2, 0.25) is 0 Å². The van der Waals surface area contributed by atoms with Crippen LogP contribution in [0.2, 0.25) is 0 Å². The SMILES string of the molecule is CCCN(CCC)CC(N)(C(=O)O)c1ccccc1. The third-order valence-corrected chi connectivity index (χ3v) is 3.22. The van der Waals surface area contributed by atoms with Crippen LogP contribution in [-0.4, -0.2) is 35.6 Å². The second-order valence-corrected chi connectivity index (χ2v) is 4.92. The van der Waals surface area contributed by atoms with Gasteiger partial charge in [-0.2, -0.15) is 0 Å². The summed E-state index contributed by atoms with van der Waals surface area (Å²) < 4.78 is 0. The molecule has 1 unspecified atom stereocenters. The van der Waals surface area contributed by atoms with Crippen molar-refractivity contribution in [3.05, 3.63) is 35.9 Å². The summed E-state index contributed by atoms with van der Waals surface area (Å²) in [6, 6.07) is 9.07. The van der Waals surface area contributed by atoms with Gasteiger partial charge in [0, 0.05) is 6.54 Å². The molecule has 0 aliphatic rings. The van der Waals surface area contributed by atoms with Crippen molar-refractivity contribution in [2.24, 2.45) is 5.73 Å². The molecule has 1 aromatic carbocycles. The number of nitrogens with two attached hydrogens (primary N) is 1. The second kappa shape index (κ2) is 7.26. The van der Waals surface area contributed by atoms with Crippen molar-refractivity contribution in [2.75, 3.05) is 19.6 Å². The second-order valence-electron chi connectivity index (χ2n) is 4.92. The fraction of sp³-hybridized carbons (Fsp3) is 0.533. The molecule has 0 bridgehead atoms. The number of hydrogen-bond donors (Lipinski definition) is 2. The average Bonchev–Trinajstić information content (AvgIpc) is 2.40. The van der Waals surface area contributed by atoms with Crippen molar-refractivity contribution in [2.45, 2.75) is 32.2 Å². The number of benzene rings is 1. The number of rotatable bonds is 8. The van der Waals surface area contributed by atoms with Crippen molar-refractivity contribution >= 4 is 5.97 Å². The van der Waals surface area contributed by atoms with Crippen molar-refractivity contribution in [1.29, 1.82) is 0 Å². The number of carboxylic acid groups (broad SMARTS) is 1. The number of carbonyl (C=O) groups is 1. The minimum absolute atomic E-state index is 0.341. The molecule has 19 heavy (non-hydrogen) atoms. The Kier molecular flexibility index (Phi) is 5.99. The predicted octanol–water partition coefficient (Wildman–Crippen LogP) is 2.05. The van der Waals surface area contributed by atoms with E-state index in [2.05, 4.69) is 18.7 Å². The molecule has 0 saturated carbocycles. The van der Waals surface area contributed by atoms with E-state index in [1.165, 1.54) is 0 Å². The maximum absolute atomic E-state index is 11.6. The molecule has 0 saturated heterocycles. The van der Waals surface area contributed by atoms with Crippen molar-refractivity contribution in [3.8, 4) is 0 Å². The lowest BCUT2D eigenvalue weighted by Gasteiger charge is -2.32. The molecule has 0 amide bonds. The van der Waals surface area contributed by atoms with Gasteiger partial charge in [0.1, 0.15) is 0 Å². The van der Waals surface area contributed by atoms with Gasteiger partial charge in [0.25, 0.3) is 0 Å². The highest BCUT2D eigenvalue weighted by molar-refractivity contribution is 5.80. The molecule has 1 atom stereocenters. The fourth-order valence-electron chi connectivity index (χ4n) is 2.27. The average molecular weight is 264 g/mol. The molecule has 0 aliphatic heterocycles. The van der Waals surface area contributed by atoms with Gasteiger partial charge in [-0.15, -0.1) is 0 Å². The Hall–Kier alpha value is -1.39. The van der Waals surface area contributed by atoms with E-state index >= 15 is 0 Å². The van der Waals surface area contributed by atoms with Crippen LogP contribution in [-0.2, 0) is 10.3 Å². The number of nitrogens with zero attached hydrogens (tertiary/aromatic N) is 1. The van der Waals surface area contributed by atoms with Crippen LogP contribution in [0.4, 0.5) is 0 Å². The lowest BCUT2D eigenvalue weighted by molar-refractivity contribution is -0.144. The monoisotopic (exact) mass is 264 g/mol. The minimum Gasteiger partial charge on any atom is -0.480 e. The Balaban J connectivity index is 2.96. The topological polar surface area (TPSA) is 66.6 Å². The third-order valence-electron chi connectivity index (χ3n) is 3.22. The molecular weight excluding hydrogens is 240 g/mol. The van der Waals surface area contributed by atoms with Gasteiger partial charge in [0.05, 0.1) is 0 Å². The molecule has 0 aromatic heterocycles. The molecule has 0 radical (unpaired) electrons. The summed E-state index contributed by atoms with van der Waals surface area (Å²) in [5.74, 6) is -0.976. The molecule has 3 N–H and O–H groups in total. The molecule has 106 valence electrons. The van der Waals surface area contributed by atoms with Crippen LogP contribution >= 0.6 is 0 Å². The van der Waals surface area contributed by atoms with Crippen LogP contribution in [0.3, 0.4) is 0 Å². The first-order chi connectivity index (χ1) is 9.04. The first kappa shape index (κ1) is 15.7. The number of carboxylic acids is 1. The number of aliphatic carboxylic acids is 1. The molecule has 0 aliphatic carbocycles. The van der Waals surface area contributed by atoms with E-state index in [0.29, 0.717) is 12.1 Å².